The number of halogens is 1. The van der Waals surface area contributed by atoms with Gasteiger partial charge in [0.05, 0.1) is 12.1 Å². The molecule has 0 amide bonds. The first-order valence-corrected chi connectivity index (χ1v) is 8.31. The number of hydrogen-bond acceptors (Lipinski definition) is 2. The fourth-order valence-electron chi connectivity index (χ4n) is 3.30. The Labute approximate surface area is 164 Å². The maximum absolute atomic E-state index is 6.06. The predicted octanol–water partition coefficient (Wildman–Crippen LogP) is 4.27. The Bertz CT molecular complexity index is 915. The lowest BCUT2D eigenvalue weighted by Crippen LogP contribution is -2.22. The van der Waals surface area contributed by atoms with Gasteiger partial charge in [0.15, 0.2) is 5.96 Å². The number of anilines is 1. The number of nitrogens with zero attached hydrogens (tertiary/aromatic N) is 2. The van der Waals surface area contributed by atoms with E-state index in [0.717, 1.165) is 28.6 Å². The van der Waals surface area contributed by atoms with E-state index in [9.17, 15) is 0 Å². The van der Waals surface area contributed by atoms with Crippen LogP contribution in [0, 0.1) is 0 Å². The normalized spacial score (nSPS) is 13.4. The molecule has 0 radical (unpaired) electrons. The lowest BCUT2D eigenvalue weighted by Gasteiger charge is -2.08. The van der Waals surface area contributed by atoms with Gasteiger partial charge in [0.25, 0.3) is 0 Å². The quantitative estimate of drug-likeness (QED) is 0.361. The van der Waals surface area contributed by atoms with Crippen LogP contribution in [0.2, 0.25) is 0 Å². The fourth-order valence-corrected chi connectivity index (χ4v) is 3.30. The summed E-state index contributed by atoms with van der Waals surface area (Å²) in [5.74, 6) is 0.431. The van der Waals surface area contributed by atoms with Crippen LogP contribution in [0.15, 0.2) is 59.7 Å². The van der Waals surface area contributed by atoms with Crippen LogP contribution in [0.5, 0.6) is 0 Å². The minimum Gasteiger partial charge on any atom is -0.370 e. The van der Waals surface area contributed by atoms with Crippen molar-refractivity contribution in [2.45, 2.75) is 25.8 Å². The molecular formula is C20H21IN4. The van der Waals surface area contributed by atoms with E-state index in [1.807, 2.05) is 24.4 Å². The van der Waals surface area contributed by atoms with Crippen LogP contribution < -0.4 is 11.1 Å². The number of aliphatic imine (C=N–C) groups is 1. The zero-order valence-electron chi connectivity index (χ0n) is 13.9. The van der Waals surface area contributed by atoms with Crippen molar-refractivity contribution in [3.63, 3.8) is 0 Å². The Hall–Kier alpha value is -2.15. The van der Waals surface area contributed by atoms with E-state index in [1.54, 1.807) is 0 Å². The number of nitrogens with one attached hydrogen (secondary N) is 1. The van der Waals surface area contributed by atoms with Crippen molar-refractivity contribution in [3.8, 4) is 0 Å². The minimum absolute atomic E-state index is 0. The Morgan fingerprint density at radius 2 is 1.92 bits per heavy atom. The van der Waals surface area contributed by atoms with Gasteiger partial charge in [0.2, 0.25) is 0 Å². The first-order chi connectivity index (χ1) is 11.8. The molecule has 25 heavy (non-hydrogen) atoms. The van der Waals surface area contributed by atoms with Gasteiger partial charge >= 0.3 is 0 Å². The molecule has 1 aliphatic carbocycles. The Kier molecular flexibility index (Phi) is 5.53. The molecule has 1 heterocycles. The van der Waals surface area contributed by atoms with Crippen molar-refractivity contribution in [3.05, 3.63) is 71.4 Å². The number of aryl methyl sites for hydroxylation is 2. The summed E-state index contributed by atoms with van der Waals surface area (Å²) in [6, 6.07) is 16.6. The molecule has 0 spiro atoms. The van der Waals surface area contributed by atoms with Crippen LogP contribution in [-0.4, -0.2) is 10.9 Å². The Morgan fingerprint density at radius 1 is 1.08 bits per heavy atom. The molecule has 2 aromatic carbocycles. The third-order valence-corrected chi connectivity index (χ3v) is 4.51. The first-order valence-electron chi connectivity index (χ1n) is 8.31. The number of guanidine groups is 1. The van der Waals surface area contributed by atoms with Gasteiger partial charge in [-0.2, -0.15) is 0 Å². The molecular weight excluding hydrogens is 423 g/mol. The summed E-state index contributed by atoms with van der Waals surface area (Å²) in [4.78, 5) is 8.93. The molecule has 1 aromatic heterocycles. The largest absolute Gasteiger partial charge is 0.370 e. The summed E-state index contributed by atoms with van der Waals surface area (Å²) in [5.41, 5.74) is 12.0. The van der Waals surface area contributed by atoms with Gasteiger partial charge in [-0.05, 0) is 54.2 Å². The molecule has 4 nitrogen and oxygen atoms in total. The van der Waals surface area contributed by atoms with Gasteiger partial charge in [0.1, 0.15) is 0 Å². The maximum Gasteiger partial charge on any atom is 0.193 e. The van der Waals surface area contributed by atoms with Crippen LogP contribution in [0.25, 0.3) is 10.9 Å². The van der Waals surface area contributed by atoms with Crippen LogP contribution in [-0.2, 0) is 19.4 Å². The SMILES string of the molecule is I.NC(=NCc1cccc2cccnc12)Nc1ccc2c(c1)CCC2. The third kappa shape index (κ3) is 3.92. The maximum atomic E-state index is 6.06. The Morgan fingerprint density at radius 3 is 2.84 bits per heavy atom. The lowest BCUT2D eigenvalue weighted by atomic mass is 10.1. The summed E-state index contributed by atoms with van der Waals surface area (Å²) < 4.78 is 0. The molecule has 0 saturated heterocycles. The average Bonchev–Trinajstić information content (AvgIpc) is 3.07. The molecule has 128 valence electrons. The molecule has 3 N–H and O–H groups in total. The van der Waals surface area contributed by atoms with Crippen molar-refractivity contribution in [2.75, 3.05) is 5.32 Å². The van der Waals surface area contributed by atoms with Crippen molar-refractivity contribution in [1.29, 1.82) is 0 Å². The number of para-hydroxylation sites is 1. The van der Waals surface area contributed by atoms with Crippen LogP contribution in [0.4, 0.5) is 5.69 Å². The highest BCUT2D eigenvalue weighted by atomic mass is 127. The number of benzene rings is 2. The molecule has 0 fully saturated rings. The fraction of sp³-hybridized carbons (Fsp3) is 0.200. The van der Waals surface area contributed by atoms with Crippen LogP contribution in [0.3, 0.4) is 0 Å². The van der Waals surface area contributed by atoms with E-state index in [1.165, 1.54) is 24.0 Å². The average molecular weight is 444 g/mol. The molecule has 1 aliphatic rings. The molecule has 0 saturated carbocycles. The van der Waals surface area contributed by atoms with E-state index in [-0.39, 0.29) is 24.0 Å². The summed E-state index contributed by atoms with van der Waals surface area (Å²) in [7, 11) is 0. The second kappa shape index (κ2) is 7.82. The number of pyridine rings is 1. The van der Waals surface area contributed by atoms with Crippen LogP contribution >= 0.6 is 24.0 Å². The highest BCUT2D eigenvalue weighted by Crippen LogP contribution is 2.24. The zero-order chi connectivity index (χ0) is 16.4. The number of fused-ring (bicyclic) bond motifs is 2. The van der Waals surface area contributed by atoms with Crippen LogP contribution in [0.1, 0.15) is 23.1 Å². The molecule has 0 aliphatic heterocycles. The number of nitrogens with two attached hydrogens (primary N) is 1. The zero-order valence-corrected chi connectivity index (χ0v) is 16.2. The Balaban J connectivity index is 0.00000182. The molecule has 3 aromatic rings. The van der Waals surface area contributed by atoms with Gasteiger partial charge in [-0.25, -0.2) is 4.99 Å². The van der Waals surface area contributed by atoms with Gasteiger partial charge in [0, 0.05) is 17.3 Å². The van der Waals surface area contributed by atoms with E-state index in [0.29, 0.717) is 12.5 Å². The van der Waals surface area contributed by atoms with E-state index in [4.69, 9.17) is 5.73 Å². The molecule has 4 rings (SSSR count). The number of rotatable bonds is 3. The minimum atomic E-state index is 0. The van der Waals surface area contributed by atoms with Crippen molar-refractivity contribution in [2.24, 2.45) is 10.7 Å². The second-order valence-electron chi connectivity index (χ2n) is 6.16. The second-order valence-corrected chi connectivity index (χ2v) is 6.16. The first kappa shape index (κ1) is 17.7. The summed E-state index contributed by atoms with van der Waals surface area (Å²) in [5, 5.41) is 4.32. The molecule has 0 atom stereocenters. The van der Waals surface area contributed by atoms with E-state index < -0.39 is 0 Å². The summed E-state index contributed by atoms with van der Waals surface area (Å²) >= 11 is 0. The molecule has 0 unspecified atom stereocenters. The van der Waals surface area contributed by atoms with Gasteiger partial charge in [-0.15, -0.1) is 24.0 Å². The highest BCUT2D eigenvalue weighted by molar-refractivity contribution is 14.0. The summed E-state index contributed by atoms with van der Waals surface area (Å²) in [6.45, 7) is 0.512. The monoisotopic (exact) mass is 444 g/mol. The molecule has 5 heteroatoms. The van der Waals surface area contributed by atoms with E-state index >= 15 is 0 Å². The topological polar surface area (TPSA) is 63.3 Å². The standard InChI is InChI=1S/C20H20N4.HI/c21-20(24-18-10-9-14-4-1-6-16(14)12-18)23-13-17-7-2-5-15-8-3-11-22-19(15)17;/h2-3,5,7-12H,1,4,6,13H2,(H3,21,23,24);1H. The lowest BCUT2D eigenvalue weighted by molar-refractivity contribution is 0.912. The smallest absolute Gasteiger partial charge is 0.193 e. The van der Waals surface area contributed by atoms with Crippen molar-refractivity contribution >= 4 is 46.5 Å². The highest BCUT2D eigenvalue weighted by Gasteiger charge is 2.10. The third-order valence-electron chi connectivity index (χ3n) is 4.51. The predicted molar refractivity (Wildman–Crippen MR) is 115 cm³/mol. The molecule has 0 bridgehead atoms. The van der Waals surface area contributed by atoms with E-state index in [2.05, 4.69) is 45.6 Å². The van der Waals surface area contributed by atoms with Gasteiger partial charge in [-0.1, -0.05) is 30.3 Å². The van der Waals surface area contributed by atoms with Crippen molar-refractivity contribution in [1.82, 2.24) is 4.98 Å². The number of aromatic nitrogens is 1. The van der Waals surface area contributed by atoms with Gasteiger partial charge < -0.3 is 11.1 Å². The van der Waals surface area contributed by atoms with Gasteiger partial charge in [-0.3, -0.25) is 4.98 Å². The van der Waals surface area contributed by atoms with Crippen molar-refractivity contribution < 1.29 is 0 Å². The summed E-state index contributed by atoms with van der Waals surface area (Å²) in [6.07, 6.45) is 5.40. The number of hydrogen-bond donors (Lipinski definition) is 2.